The summed E-state index contributed by atoms with van der Waals surface area (Å²) < 4.78 is 11.2. The van der Waals surface area contributed by atoms with Crippen LogP contribution in [0.2, 0.25) is 0 Å². The van der Waals surface area contributed by atoms with Crippen molar-refractivity contribution in [1.82, 2.24) is 4.90 Å². The molecule has 0 amide bonds. The molecule has 1 heterocycles. The van der Waals surface area contributed by atoms with Crippen molar-refractivity contribution in [2.45, 2.75) is 25.5 Å². The van der Waals surface area contributed by atoms with Gasteiger partial charge < -0.3 is 15.2 Å². The minimum absolute atomic E-state index is 0.203. The van der Waals surface area contributed by atoms with E-state index in [0.29, 0.717) is 12.6 Å². The van der Waals surface area contributed by atoms with Gasteiger partial charge in [0.25, 0.3) is 0 Å². The maximum absolute atomic E-state index is 6.01. The number of para-hydroxylation sites is 1. The minimum atomic E-state index is 0.203. The molecule has 0 bridgehead atoms. The van der Waals surface area contributed by atoms with Gasteiger partial charge in [0.05, 0.1) is 25.9 Å². The van der Waals surface area contributed by atoms with E-state index in [1.165, 1.54) is 5.56 Å². The van der Waals surface area contributed by atoms with Crippen LogP contribution in [0.1, 0.15) is 24.9 Å². The first-order chi connectivity index (χ1) is 9.30. The highest BCUT2D eigenvalue weighted by atomic mass is 16.5. The van der Waals surface area contributed by atoms with Gasteiger partial charge in [-0.25, -0.2) is 0 Å². The largest absolute Gasteiger partial charge is 0.496 e. The average molecular weight is 264 g/mol. The van der Waals surface area contributed by atoms with Gasteiger partial charge in [0.15, 0.2) is 0 Å². The summed E-state index contributed by atoms with van der Waals surface area (Å²) >= 11 is 0. The molecule has 4 heteroatoms. The predicted octanol–water partition coefficient (Wildman–Crippen LogP) is 1.81. The molecule has 1 saturated heterocycles. The van der Waals surface area contributed by atoms with Crippen LogP contribution in [-0.4, -0.2) is 44.4 Å². The predicted molar refractivity (Wildman–Crippen MR) is 76.4 cm³/mol. The second-order valence-electron chi connectivity index (χ2n) is 4.89. The van der Waals surface area contributed by atoms with Crippen molar-refractivity contribution in [2.75, 3.05) is 33.4 Å². The second kappa shape index (κ2) is 6.89. The quantitative estimate of drug-likeness (QED) is 0.881. The minimum Gasteiger partial charge on any atom is -0.496 e. The smallest absolute Gasteiger partial charge is 0.123 e. The molecule has 2 unspecified atom stereocenters. The Morgan fingerprint density at radius 1 is 1.47 bits per heavy atom. The van der Waals surface area contributed by atoms with Crippen molar-refractivity contribution in [3.8, 4) is 5.75 Å². The number of rotatable bonds is 5. The molecule has 2 atom stereocenters. The fraction of sp³-hybridized carbons (Fsp3) is 0.600. The Morgan fingerprint density at radius 3 is 2.95 bits per heavy atom. The van der Waals surface area contributed by atoms with Gasteiger partial charge in [0.1, 0.15) is 5.75 Å². The van der Waals surface area contributed by atoms with Crippen molar-refractivity contribution in [1.29, 1.82) is 0 Å². The van der Waals surface area contributed by atoms with Crippen molar-refractivity contribution in [2.24, 2.45) is 5.73 Å². The summed E-state index contributed by atoms with van der Waals surface area (Å²) in [7, 11) is 1.71. The molecule has 1 fully saturated rings. The summed E-state index contributed by atoms with van der Waals surface area (Å²) in [6.45, 7) is 5.41. The molecule has 0 saturated carbocycles. The maximum Gasteiger partial charge on any atom is 0.123 e. The Kier molecular flexibility index (Phi) is 5.19. The van der Waals surface area contributed by atoms with Crippen LogP contribution in [0.4, 0.5) is 0 Å². The molecule has 19 heavy (non-hydrogen) atoms. The lowest BCUT2D eigenvalue weighted by Gasteiger charge is -2.38. The normalized spacial score (nSPS) is 22.2. The molecular formula is C15H24N2O2. The van der Waals surface area contributed by atoms with Crippen molar-refractivity contribution in [3.63, 3.8) is 0 Å². The molecule has 0 spiro atoms. The molecule has 0 radical (unpaired) electrons. The molecule has 1 aromatic rings. The SMILES string of the molecule is CCC1CN(C(CN)c2ccccc2OC)CCO1. The molecule has 106 valence electrons. The van der Waals surface area contributed by atoms with Gasteiger partial charge in [-0.1, -0.05) is 25.1 Å². The molecule has 0 aliphatic carbocycles. The standard InChI is InChI=1S/C15H24N2O2/c1-3-12-11-17(8-9-19-12)14(10-16)13-6-4-5-7-15(13)18-2/h4-7,12,14H,3,8-11,16H2,1-2H3. The van der Waals surface area contributed by atoms with E-state index in [1.807, 2.05) is 18.2 Å². The molecule has 0 aromatic heterocycles. The van der Waals surface area contributed by atoms with Crippen molar-refractivity contribution >= 4 is 0 Å². The maximum atomic E-state index is 6.01. The summed E-state index contributed by atoms with van der Waals surface area (Å²) in [6, 6.07) is 8.33. The summed E-state index contributed by atoms with van der Waals surface area (Å²) in [5.41, 5.74) is 7.18. The number of methoxy groups -OCH3 is 1. The number of morpholine rings is 1. The van der Waals surface area contributed by atoms with Gasteiger partial charge in [-0.15, -0.1) is 0 Å². The van der Waals surface area contributed by atoms with Gasteiger partial charge in [0.2, 0.25) is 0 Å². The van der Waals surface area contributed by atoms with Crippen LogP contribution in [0.15, 0.2) is 24.3 Å². The molecular weight excluding hydrogens is 240 g/mol. The first kappa shape index (κ1) is 14.3. The zero-order chi connectivity index (χ0) is 13.7. The number of benzene rings is 1. The fourth-order valence-electron chi connectivity index (χ4n) is 2.69. The summed E-state index contributed by atoms with van der Waals surface area (Å²) in [4.78, 5) is 2.41. The molecule has 2 rings (SSSR count). The number of ether oxygens (including phenoxy) is 2. The number of nitrogens with two attached hydrogens (primary N) is 1. The zero-order valence-corrected chi connectivity index (χ0v) is 11.8. The lowest BCUT2D eigenvalue weighted by Crippen LogP contribution is -2.46. The first-order valence-corrected chi connectivity index (χ1v) is 6.98. The van der Waals surface area contributed by atoms with E-state index in [2.05, 4.69) is 17.9 Å². The second-order valence-corrected chi connectivity index (χ2v) is 4.89. The molecule has 4 nitrogen and oxygen atoms in total. The number of nitrogens with zero attached hydrogens (tertiary/aromatic N) is 1. The van der Waals surface area contributed by atoms with Gasteiger partial charge in [-0.3, -0.25) is 4.90 Å². The van der Waals surface area contributed by atoms with Crippen molar-refractivity contribution in [3.05, 3.63) is 29.8 Å². The van der Waals surface area contributed by atoms with E-state index in [4.69, 9.17) is 15.2 Å². The topological polar surface area (TPSA) is 47.7 Å². The highest BCUT2D eigenvalue weighted by Gasteiger charge is 2.27. The highest BCUT2D eigenvalue weighted by molar-refractivity contribution is 5.36. The summed E-state index contributed by atoms with van der Waals surface area (Å²) in [5, 5.41) is 0. The monoisotopic (exact) mass is 264 g/mol. The van der Waals surface area contributed by atoms with E-state index in [0.717, 1.165) is 31.9 Å². The average Bonchev–Trinajstić information content (AvgIpc) is 2.49. The van der Waals surface area contributed by atoms with Crippen LogP contribution in [0, 0.1) is 0 Å². The lowest BCUT2D eigenvalue weighted by molar-refractivity contribution is -0.0439. The Balaban J connectivity index is 2.19. The lowest BCUT2D eigenvalue weighted by atomic mass is 10.0. The van der Waals surface area contributed by atoms with Crippen LogP contribution in [-0.2, 0) is 4.74 Å². The molecule has 1 aliphatic rings. The Morgan fingerprint density at radius 2 is 2.26 bits per heavy atom. The summed E-state index contributed by atoms with van der Waals surface area (Å²) in [6.07, 6.45) is 1.36. The third kappa shape index (κ3) is 3.26. The van der Waals surface area contributed by atoms with E-state index in [9.17, 15) is 0 Å². The highest BCUT2D eigenvalue weighted by Crippen LogP contribution is 2.29. The van der Waals surface area contributed by atoms with Gasteiger partial charge >= 0.3 is 0 Å². The van der Waals surface area contributed by atoms with Crippen LogP contribution < -0.4 is 10.5 Å². The van der Waals surface area contributed by atoms with E-state index < -0.39 is 0 Å². The summed E-state index contributed by atoms with van der Waals surface area (Å²) in [5.74, 6) is 0.914. The zero-order valence-electron chi connectivity index (χ0n) is 11.8. The third-order valence-electron chi connectivity index (χ3n) is 3.79. The van der Waals surface area contributed by atoms with Crippen LogP contribution >= 0.6 is 0 Å². The van der Waals surface area contributed by atoms with E-state index >= 15 is 0 Å². The number of hydrogen-bond acceptors (Lipinski definition) is 4. The van der Waals surface area contributed by atoms with Crippen molar-refractivity contribution < 1.29 is 9.47 Å². The van der Waals surface area contributed by atoms with Crippen LogP contribution in [0.25, 0.3) is 0 Å². The number of hydrogen-bond donors (Lipinski definition) is 1. The molecule has 2 N–H and O–H groups in total. The van der Waals surface area contributed by atoms with Gasteiger partial charge in [-0.2, -0.15) is 0 Å². The Bertz CT molecular complexity index is 397. The third-order valence-corrected chi connectivity index (χ3v) is 3.79. The van der Waals surface area contributed by atoms with Gasteiger partial charge in [-0.05, 0) is 12.5 Å². The Hall–Kier alpha value is -1.10. The Labute approximate surface area is 115 Å². The van der Waals surface area contributed by atoms with Gasteiger partial charge in [0, 0.05) is 25.2 Å². The first-order valence-electron chi connectivity index (χ1n) is 6.98. The molecule has 1 aliphatic heterocycles. The van der Waals surface area contributed by atoms with Crippen LogP contribution in [0.3, 0.4) is 0 Å². The molecule has 1 aromatic carbocycles. The van der Waals surface area contributed by atoms with E-state index in [1.54, 1.807) is 7.11 Å². The fourth-order valence-corrected chi connectivity index (χ4v) is 2.69. The van der Waals surface area contributed by atoms with E-state index in [-0.39, 0.29) is 6.04 Å². The van der Waals surface area contributed by atoms with Crippen LogP contribution in [0.5, 0.6) is 5.75 Å².